The number of aliphatic hydroxyl groups is 1. The second-order valence-electron chi connectivity index (χ2n) is 6.31. The van der Waals surface area contributed by atoms with Gasteiger partial charge in [-0.2, -0.15) is 0 Å². The van der Waals surface area contributed by atoms with Crippen LogP contribution < -0.4 is 10.8 Å². The molecule has 0 bridgehead atoms. The second-order valence-corrected chi connectivity index (χ2v) is 7.56. The number of aliphatic hydroxyl groups excluding tert-OH is 1. The third-order valence-electron chi connectivity index (χ3n) is 4.05. The van der Waals surface area contributed by atoms with Gasteiger partial charge in [0, 0.05) is 21.5 Å². The normalized spacial score (nSPS) is 11.1. The number of rotatable bonds is 10. The van der Waals surface area contributed by atoms with E-state index >= 15 is 0 Å². The summed E-state index contributed by atoms with van der Waals surface area (Å²) in [5.74, 6) is -4.04. The summed E-state index contributed by atoms with van der Waals surface area (Å²) in [6.45, 7) is -0.678. The Kier molecular flexibility index (Phi) is 8.62. The fraction of sp³-hybridized carbons (Fsp3) is 0.150. The number of oxime groups is 1. The molecule has 0 aliphatic rings. The molecule has 1 aromatic heterocycles. The lowest BCUT2D eigenvalue weighted by Gasteiger charge is -2.15. The van der Waals surface area contributed by atoms with Crippen molar-refractivity contribution in [2.45, 2.75) is 6.61 Å². The zero-order valence-corrected chi connectivity index (χ0v) is 18.9. The predicted octanol–water partition coefficient (Wildman–Crippen LogP) is 3.38. The maximum Gasteiger partial charge on any atom is 0.277 e. The smallest absolute Gasteiger partial charge is 0.277 e. The number of hydroxylamine groups is 1. The van der Waals surface area contributed by atoms with Crippen LogP contribution >= 0.6 is 22.6 Å². The summed E-state index contributed by atoms with van der Waals surface area (Å²) >= 11 is 1.89. The molecule has 1 heterocycles. The fourth-order valence-electron chi connectivity index (χ4n) is 2.55. The zero-order chi connectivity index (χ0) is 23.8. The van der Waals surface area contributed by atoms with Crippen LogP contribution in [0.25, 0.3) is 0 Å². The lowest BCUT2D eigenvalue weighted by Crippen LogP contribution is -2.26. The lowest BCUT2D eigenvalue weighted by molar-refractivity contribution is 0.0168. The largest absolute Gasteiger partial charge is 0.394 e. The number of carbonyl (C=O) groups excluding carboxylic acids is 1. The standard InChI is InChI=1S/C20H17F3IN5O4/c21-14-8-12(24)1-2-15(14)28-19-13(20(31)29-32-6-5-30)7-11(17(22)18(19)23)9-27-33-10-16-25-3-4-26-16/h1-4,7-9,28,30H,5-6,10H2,(H,25,26)(H,29,31)/b27-9+. The van der Waals surface area contributed by atoms with Crippen LogP contribution in [-0.2, 0) is 16.3 Å². The number of imidazole rings is 1. The van der Waals surface area contributed by atoms with E-state index in [2.05, 4.69) is 20.4 Å². The molecule has 3 rings (SSSR count). The highest BCUT2D eigenvalue weighted by Crippen LogP contribution is 2.30. The molecule has 3 aromatic rings. The van der Waals surface area contributed by atoms with Gasteiger partial charge in [0.15, 0.2) is 18.2 Å². The second kappa shape index (κ2) is 11.6. The van der Waals surface area contributed by atoms with Gasteiger partial charge in [0.05, 0.1) is 36.4 Å². The van der Waals surface area contributed by atoms with Crippen molar-refractivity contribution in [3.05, 3.63) is 74.6 Å². The first-order valence-electron chi connectivity index (χ1n) is 9.31. The fourth-order valence-corrected chi connectivity index (χ4v) is 3.01. The van der Waals surface area contributed by atoms with Crippen molar-refractivity contribution in [1.29, 1.82) is 0 Å². The Morgan fingerprint density at radius 1 is 1.27 bits per heavy atom. The van der Waals surface area contributed by atoms with E-state index in [9.17, 15) is 18.0 Å². The molecule has 1 amide bonds. The minimum atomic E-state index is -1.45. The number of nitrogens with zero attached hydrogens (tertiary/aromatic N) is 2. The highest BCUT2D eigenvalue weighted by Gasteiger charge is 2.23. The Hall–Kier alpha value is -3.17. The summed E-state index contributed by atoms with van der Waals surface area (Å²) in [5.41, 5.74) is 0.386. The van der Waals surface area contributed by atoms with Crippen molar-refractivity contribution in [1.82, 2.24) is 15.4 Å². The minimum Gasteiger partial charge on any atom is -0.394 e. The Morgan fingerprint density at radius 3 is 2.79 bits per heavy atom. The van der Waals surface area contributed by atoms with E-state index in [1.807, 2.05) is 28.1 Å². The molecule has 0 saturated carbocycles. The van der Waals surface area contributed by atoms with Crippen LogP contribution in [0.1, 0.15) is 21.7 Å². The Bertz CT molecular complexity index is 1150. The topological polar surface area (TPSA) is 121 Å². The number of anilines is 2. The molecule has 13 heteroatoms. The molecule has 0 fully saturated rings. The van der Waals surface area contributed by atoms with E-state index in [1.54, 1.807) is 12.3 Å². The number of nitrogens with one attached hydrogen (secondary N) is 3. The van der Waals surface area contributed by atoms with Gasteiger partial charge in [-0.1, -0.05) is 5.16 Å². The number of H-pyrrole nitrogens is 1. The highest BCUT2D eigenvalue weighted by molar-refractivity contribution is 14.1. The zero-order valence-electron chi connectivity index (χ0n) is 16.7. The maximum absolute atomic E-state index is 15.0. The van der Waals surface area contributed by atoms with E-state index in [-0.39, 0.29) is 25.5 Å². The third kappa shape index (κ3) is 6.43. The van der Waals surface area contributed by atoms with Crippen LogP contribution in [0.4, 0.5) is 24.5 Å². The molecule has 174 valence electrons. The number of hydrogen-bond acceptors (Lipinski definition) is 7. The van der Waals surface area contributed by atoms with Crippen molar-refractivity contribution in [3.63, 3.8) is 0 Å². The summed E-state index contributed by atoms with van der Waals surface area (Å²) in [6, 6.07) is 5.03. The van der Waals surface area contributed by atoms with Gasteiger partial charge in [0.1, 0.15) is 11.6 Å². The molecule has 0 unspecified atom stereocenters. The molecule has 0 saturated heterocycles. The quantitative estimate of drug-likeness (QED) is 0.127. The van der Waals surface area contributed by atoms with Crippen molar-refractivity contribution in [3.8, 4) is 0 Å². The summed E-state index contributed by atoms with van der Waals surface area (Å²) in [4.78, 5) is 29.0. The molecule has 0 aliphatic heterocycles. The first-order valence-corrected chi connectivity index (χ1v) is 10.4. The van der Waals surface area contributed by atoms with Crippen LogP contribution in [0, 0.1) is 21.0 Å². The van der Waals surface area contributed by atoms with Gasteiger partial charge in [-0.3, -0.25) is 9.63 Å². The number of hydrogen-bond donors (Lipinski definition) is 4. The predicted molar refractivity (Wildman–Crippen MR) is 120 cm³/mol. The van der Waals surface area contributed by atoms with Gasteiger partial charge in [-0.05, 0) is 46.9 Å². The van der Waals surface area contributed by atoms with Gasteiger partial charge in [0.2, 0.25) is 0 Å². The number of carbonyl (C=O) groups is 1. The molecular weight excluding hydrogens is 558 g/mol. The third-order valence-corrected chi connectivity index (χ3v) is 4.72. The van der Waals surface area contributed by atoms with Crippen molar-refractivity contribution in [2.24, 2.45) is 5.16 Å². The Balaban J connectivity index is 1.92. The van der Waals surface area contributed by atoms with E-state index in [0.717, 1.165) is 12.3 Å². The maximum atomic E-state index is 15.0. The van der Waals surface area contributed by atoms with Crippen LogP contribution in [-0.4, -0.2) is 40.4 Å². The average molecular weight is 575 g/mol. The molecule has 9 nitrogen and oxygen atoms in total. The summed E-state index contributed by atoms with van der Waals surface area (Å²) in [5, 5.41) is 14.8. The van der Waals surface area contributed by atoms with E-state index in [4.69, 9.17) is 14.8 Å². The molecule has 33 heavy (non-hydrogen) atoms. The van der Waals surface area contributed by atoms with E-state index < -0.39 is 40.2 Å². The van der Waals surface area contributed by atoms with E-state index in [1.165, 1.54) is 18.3 Å². The van der Waals surface area contributed by atoms with Gasteiger partial charge >= 0.3 is 0 Å². The van der Waals surface area contributed by atoms with Crippen molar-refractivity contribution in [2.75, 3.05) is 18.5 Å². The SMILES string of the molecule is O=C(NOCCO)c1cc(/C=N/OCc2ncc[nH]2)c(F)c(F)c1Nc1ccc(I)cc1F. The van der Waals surface area contributed by atoms with Gasteiger partial charge in [-0.15, -0.1) is 0 Å². The number of aromatic amines is 1. The summed E-state index contributed by atoms with van der Waals surface area (Å²) in [6.07, 6.45) is 3.95. The number of aromatic nitrogens is 2. The van der Waals surface area contributed by atoms with Crippen molar-refractivity contribution < 1.29 is 32.7 Å². The Labute approximate surface area is 199 Å². The first-order chi connectivity index (χ1) is 15.9. The highest BCUT2D eigenvalue weighted by atomic mass is 127. The molecule has 2 aromatic carbocycles. The average Bonchev–Trinajstić information content (AvgIpc) is 3.31. The van der Waals surface area contributed by atoms with Crippen LogP contribution in [0.2, 0.25) is 0 Å². The molecule has 4 N–H and O–H groups in total. The number of benzene rings is 2. The van der Waals surface area contributed by atoms with Gasteiger partial charge in [0.25, 0.3) is 5.91 Å². The van der Waals surface area contributed by atoms with Crippen LogP contribution in [0.5, 0.6) is 0 Å². The lowest BCUT2D eigenvalue weighted by atomic mass is 10.1. The molecular formula is C20H17F3IN5O4. The van der Waals surface area contributed by atoms with Crippen molar-refractivity contribution >= 4 is 46.1 Å². The molecule has 0 spiro atoms. The van der Waals surface area contributed by atoms with Gasteiger partial charge in [-0.25, -0.2) is 23.6 Å². The van der Waals surface area contributed by atoms with E-state index in [0.29, 0.717) is 9.39 Å². The Morgan fingerprint density at radius 2 is 2.09 bits per heavy atom. The molecule has 0 atom stereocenters. The van der Waals surface area contributed by atoms with Gasteiger partial charge < -0.3 is 20.2 Å². The van der Waals surface area contributed by atoms with Crippen LogP contribution in [0.15, 0.2) is 41.8 Å². The summed E-state index contributed by atoms with van der Waals surface area (Å²) < 4.78 is 44.5. The number of amides is 1. The molecule has 0 aliphatic carbocycles. The van der Waals surface area contributed by atoms with Crippen LogP contribution in [0.3, 0.4) is 0 Å². The summed E-state index contributed by atoms with van der Waals surface area (Å²) in [7, 11) is 0. The minimum absolute atomic E-state index is 0.0539. The first kappa shape index (κ1) is 24.5. The molecule has 0 radical (unpaired) electrons. The monoisotopic (exact) mass is 575 g/mol. The number of halogens is 4.